The number of nitrogens with zero attached hydrogens (tertiary/aromatic N) is 2. The summed E-state index contributed by atoms with van der Waals surface area (Å²) < 4.78 is 0. The Morgan fingerprint density at radius 3 is 2.32 bits per heavy atom. The van der Waals surface area contributed by atoms with Crippen LogP contribution in [0.1, 0.15) is 5.56 Å². The molecule has 3 rings (SSSR count). The zero-order chi connectivity index (χ0) is 15.5. The summed E-state index contributed by atoms with van der Waals surface area (Å²) >= 11 is 0. The predicted molar refractivity (Wildman–Crippen MR) is 85.9 cm³/mol. The summed E-state index contributed by atoms with van der Waals surface area (Å²) in [5, 5.41) is 19.6. The van der Waals surface area contributed by atoms with Crippen LogP contribution in [0.15, 0.2) is 60.8 Å². The molecule has 0 aliphatic heterocycles. The maximum atomic E-state index is 10.2. The van der Waals surface area contributed by atoms with E-state index >= 15 is 0 Å². The van der Waals surface area contributed by atoms with Gasteiger partial charge in [0.1, 0.15) is 23.2 Å². The van der Waals surface area contributed by atoms with Crippen LogP contribution in [-0.4, -0.2) is 10.1 Å². The number of nitrogen functional groups attached to an aromatic ring is 1. The average Bonchev–Trinajstić information content (AvgIpc) is 2.56. The van der Waals surface area contributed by atoms with Crippen molar-refractivity contribution >= 4 is 5.82 Å². The summed E-state index contributed by atoms with van der Waals surface area (Å²) in [5.41, 5.74) is 8.94. The fraction of sp³-hybridized carbons (Fsp3) is 0. The van der Waals surface area contributed by atoms with E-state index in [-0.39, 0.29) is 17.1 Å². The van der Waals surface area contributed by atoms with Gasteiger partial charge in [-0.25, -0.2) is 4.98 Å². The molecular formula is C18H13N3O. The third-order valence-corrected chi connectivity index (χ3v) is 3.48. The Hall–Kier alpha value is -3.32. The second-order valence-corrected chi connectivity index (χ2v) is 4.80. The molecule has 0 amide bonds. The molecule has 4 nitrogen and oxygen atoms in total. The maximum Gasteiger partial charge on any atom is 0.141 e. The molecule has 3 N–H and O–H groups in total. The van der Waals surface area contributed by atoms with Crippen molar-refractivity contribution in [3.05, 3.63) is 66.4 Å². The van der Waals surface area contributed by atoms with Crippen molar-refractivity contribution < 1.29 is 5.11 Å². The van der Waals surface area contributed by atoms with E-state index in [0.29, 0.717) is 11.1 Å². The van der Waals surface area contributed by atoms with Gasteiger partial charge in [0.25, 0.3) is 0 Å². The summed E-state index contributed by atoms with van der Waals surface area (Å²) in [6, 6.07) is 18.6. The highest BCUT2D eigenvalue weighted by Crippen LogP contribution is 2.39. The zero-order valence-electron chi connectivity index (χ0n) is 11.7. The van der Waals surface area contributed by atoms with Crippen LogP contribution in [0, 0.1) is 11.3 Å². The van der Waals surface area contributed by atoms with Crippen LogP contribution in [0.3, 0.4) is 0 Å². The first-order valence-electron chi connectivity index (χ1n) is 6.74. The number of aromatic hydroxyl groups is 1. The molecule has 0 aliphatic carbocycles. The lowest BCUT2D eigenvalue weighted by Crippen LogP contribution is -1.99. The average molecular weight is 287 g/mol. The first kappa shape index (κ1) is 13.7. The number of hydrogen-bond acceptors (Lipinski definition) is 4. The number of pyridine rings is 1. The Kier molecular flexibility index (Phi) is 3.47. The fourth-order valence-corrected chi connectivity index (χ4v) is 2.44. The van der Waals surface area contributed by atoms with Gasteiger partial charge in [-0.15, -0.1) is 0 Å². The number of benzene rings is 2. The van der Waals surface area contributed by atoms with Crippen molar-refractivity contribution in [1.29, 1.82) is 5.26 Å². The van der Waals surface area contributed by atoms with Crippen LogP contribution in [0.5, 0.6) is 5.75 Å². The Balaban J connectivity index is 2.39. The van der Waals surface area contributed by atoms with Gasteiger partial charge in [0.15, 0.2) is 0 Å². The smallest absolute Gasteiger partial charge is 0.141 e. The summed E-state index contributed by atoms with van der Waals surface area (Å²) in [5.74, 6) is 0.252. The standard InChI is InChI=1S/C18H13N3O/c19-10-14-17(13-8-4-5-9-16(13)22)15(11-21-18(14)20)12-6-2-1-3-7-12/h1-9,11,22H,(H2,20,21). The van der Waals surface area contributed by atoms with Crippen molar-refractivity contribution in [3.8, 4) is 34.1 Å². The highest BCUT2D eigenvalue weighted by atomic mass is 16.3. The number of rotatable bonds is 2. The summed E-state index contributed by atoms with van der Waals surface area (Å²) in [7, 11) is 0. The highest BCUT2D eigenvalue weighted by Gasteiger charge is 2.18. The maximum absolute atomic E-state index is 10.2. The van der Waals surface area contributed by atoms with Crippen molar-refractivity contribution in [1.82, 2.24) is 4.98 Å². The molecule has 0 fully saturated rings. The third-order valence-electron chi connectivity index (χ3n) is 3.48. The minimum Gasteiger partial charge on any atom is -0.507 e. The quantitative estimate of drug-likeness (QED) is 0.754. The molecule has 3 aromatic rings. The number of phenols is 1. The van der Waals surface area contributed by atoms with Gasteiger partial charge in [0.05, 0.1) is 0 Å². The molecular weight excluding hydrogens is 274 g/mol. The van der Waals surface area contributed by atoms with Crippen molar-refractivity contribution in [3.63, 3.8) is 0 Å². The van der Waals surface area contributed by atoms with E-state index in [4.69, 9.17) is 5.73 Å². The van der Waals surface area contributed by atoms with Crippen molar-refractivity contribution in [2.45, 2.75) is 0 Å². The van der Waals surface area contributed by atoms with Crippen LogP contribution in [-0.2, 0) is 0 Å². The first-order valence-corrected chi connectivity index (χ1v) is 6.74. The van der Waals surface area contributed by atoms with E-state index in [1.54, 1.807) is 24.4 Å². The van der Waals surface area contributed by atoms with E-state index in [2.05, 4.69) is 11.1 Å². The number of aromatic nitrogens is 1. The zero-order valence-corrected chi connectivity index (χ0v) is 11.7. The van der Waals surface area contributed by atoms with Crippen LogP contribution in [0.2, 0.25) is 0 Å². The largest absolute Gasteiger partial charge is 0.507 e. The van der Waals surface area contributed by atoms with E-state index in [1.807, 2.05) is 36.4 Å². The Labute approximate surface area is 128 Å². The molecule has 0 radical (unpaired) electrons. The number of anilines is 1. The molecule has 0 spiro atoms. The van der Waals surface area contributed by atoms with Crippen LogP contribution in [0.4, 0.5) is 5.82 Å². The monoisotopic (exact) mass is 287 g/mol. The first-order chi connectivity index (χ1) is 10.7. The van der Waals surface area contributed by atoms with Gasteiger partial charge in [-0.2, -0.15) is 5.26 Å². The van der Waals surface area contributed by atoms with E-state index in [0.717, 1.165) is 11.1 Å². The lowest BCUT2D eigenvalue weighted by atomic mass is 9.92. The van der Waals surface area contributed by atoms with Crippen molar-refractivity contribution in [2.75, 3.05) is 5.73 Å². The lowest BCUT2D eigenvalue weighted by Gasteiger charge is -2.14. The van der Waals surface area contributed by atoms with E-state index < -0.39 is 0 Å². The van der Waals surface area contributed by atoms with Gasteiger partial charge >= 0.3 is 0 Å². The summed E-state index contributed by atoms with van der Waals surface area (Å²) in [4.78, 5) is 4.12. The second-order valence-electron chi connectivity index (χ2n) is 4.80. The Morgan fingerprint density at radius 1 is 0.955 bits per heavy atom. The molecule has 1 aromatic heterocycles. The number of nitriles is 1. The normalized spacial score (nSPS) is 10.1. The number of para-hydroxylation sites is 1. The molecule has 0 saturated carbocycles. The molecule has 106 valence electrons. The molecule has 0 bridgehead atoms. The van der Waals surface area contributed by atoms with E-state index in [9.17, 15) is 10.4 Å². The minimum absolute atomic E-state index is 0.0989. The third kappa shape index (κ3) is 2.25. The molecule has 1 heterocycles. The topological polar surface area (TPSA) is 82.9 Å². The van der Waals surface area contributed by atoms with Gasteiger partial charge in [-0.3, -0.25) is 0 Å². The Morgan fingerprint density at radius 2 is 1.64 bits per heavy atom. The molecule has 2 aromatic carbocycles. The van der Waals surface area contributed by atoms with Gasteiger partial charge in [-0.05, 0) is 11.6 Å². The van der Waals surface area contributed by atoms with Crippen LogP contribution >= 0.6 is 0 Å². The second kappa shape index (κ2) is 5.58. The van der Waals surface area contributed by atoms with Crippen LogP contribution < -0.4 is 5.73 Å². The van der Waals surface area contributed by atoms with Gasteiger partial charge in [-0.1, -0.05) is 48.5 Å². The van der Waals surface area contributed by atoms with Gasteiger partial charge in [0, 0.05) is 22.9 Å². The molecule has 0 unspecified atom stereocenters. The van der Waals surface area contributed by atoms with Crippen molar-refractivity contribution in [2.24, 2.45) is 0 Å². The number of hydrogen-bond donors (Lipinski definition) is 2. The number of phenolic OH excluding ortho intramolecular Hbond substituents is 1. The fourth-order valence-electron chi connectivity index (χ4n) is 2.44. The molecule has 0 saturated heterocycles. The molecule has 22 heavy (non-hydrogen) atoms. The van der Waals surface area contributed by atoms with Gasteiger partial charge in [0.2, 0.25) is 0 Å². The number of nitrogens with two attached hydrogens (primary N) is 1. The van der Waals surface area contributed by atoms with Gasteiger partial charge < -0.3 is 10.8 Å². The lowest BCUT2D eigenvalue weighted by molar-refractivity contribution is 0.477. The molecule has 0 atom stereocenters. The molecule has 0 aliphatic rings. The van der Waals surface area contributed by atoms with E-state index in [1.165, 1.54) is 0 Å². The SMILES string of the molecule is N#Cc1c(N)ncc(-c2ccccc2)c1-c1ccccc1O. The van der Waals surface area contributed by atoms with Crippen LogP contribution in [0.25, 0.3) is 22.3 Å². The molecule has 4 heteroatoms. The minimum atomic E-state index is 0.0989. The highest BCUT2D eigenvalue weighted by molar-refractivity contribution is 5.91. The summed E-state index contributed by atoms with van der Waals surface area (Å²) in [6.07, 6.45) is 1.63. The summed E-state index contributed by atoms with van der Waals surface area (Å²) in [6.45, 7) is 0. The Bertz CT molecular complexity index is 867. The predicted octanol–water partition coefficient (Wildman–Crippen LogP) is 3.58.